The van der Waals surface area contributed by atoms with Gasteiger partial charge in [-0.2, -0.15) is 5.26 Å². The number of nitriles is 1. The molecule has 9 atom stereocenters. The summed E-state index contributed by atoms with van der Waals surface area (Å²) in [6.07, 6.45) is -9.86. The number of aliphatic hydroxyl groups excluding tert-OH is 5. The summed E-state index contributed by atoms with van der Waals surface area (Å²) in [6.45, 7) is 1.72. The Morgan fingerprint density at radius 1 is 1.19 bits per heavy atom. The van der Waals surface area contributed by atoms with Gasteiger partial charge in [0.15, 0.2) is 18.2 Å². The van der Waals surface area contributed by atoms with Gasteiger partial charge in [0.2, 0.25) is 0 Å². The van der Waals surface area contributed by atoms with Gasteiger partial charge in [-0.15, -0.1) is 0 Å². The van der Waals surface area contributed by atoms with Gasteiger partial charge in [0.1, 0.15) is 36.1 Å². The van der Waals surface area contributed by atoms with Crippen LogP contribution >= 0.6 is 0 Å². The molecule has 0 aromatic heterocycles. The third-order valence-electron chi connectivity index (χ3n) is 4.96. The fourth-order valence-electron chi connectivity index (χ4n) is 2.72. The molecule has 2 heterocycles. The van der Waals surface area contributed by atoms with Crippen LogP contribution in [0.25, 0.3) is 0 Å². The van der Waals surface area contributed by atoms with Crippen LogP contribution < -0.4 is 0 Å². The molecule has 0 bridgehead atoms. The maximum atomic E-state index is 10.1. The van der Waals surface area contributed by atoms with E-state index in [0.717, 1.165) is 0 Å². The average Bonchev–Trinajstić information content (AvgIpc) is 2.96. The predicted molar refractivity (Wildman–Crippen MR) is 85.8 cm³/mol. The highest BCUT2D eigenvalue weighted by molar-refractivity contribution is 4.99. The molecular weight excluding hydrogens is 366 g/mol. The summed E-state index contributed by atoms with van der Waals surface area (Å²) in [5, 5.41) is 68.4. The van der Waals surface area contributed by atoms with Crippen molar-refractivity contribution in [3.63, 3.8) is 0 Å². The zero-order chi connectivity index (χ0) is 20.4. The van der Waals surface area contributed by atoms with E-state index >= 15 is 0 Å². The Bertz CT molecular complexity index is 544. The van der Waals surface area contributed by atoms with Crippen LogP contribution in [0.3, 0.4) is 0 Å². The van der Waals surface area contributed by atoms with E-state index in [0.29, 0.717) is 0 Å². The van der Waals surface area contributed by atoms with E-state index in [-0.39, 0.29) is 19.6 Å². The van der Waals surface area contributed by atoms with Crippen molar-refractivity contribution >= 4 is 0 Å². The fourth-order valence-corrected chi connectivity index (χ4v) is 2.72. The number of hydrogen-bond donors (Lipinski definition) is 6. The van der Waals surface area contributed by atoms with Crippen molar-refractivity contribution < 1.29 is 49.6 Å². The third kappa shape index (κ3) is 4.57. The Morgan fingerprint density at radius 3 is 2.37 bits per heavy atom. The molecule has 0 aromatic carbocycles. The molecule has 2 aliphatic rings. The Kier molecular flexibility index (Phi) is 7.15. The molecule has 9 unspecified atom stereocenters. The second kappa shape index (κ2) is 8.62. The largest absolute Gasteiger partial charge is 0.393 e. The highest BCUT2D eigenvalue weighted by Gasteiger charge is 2.50. The van der Waals surface area contributed by atoms with Gasteiger partial charge in [-0.3, -0.25) is 0 Å². The summed E-state index contributed by atoms with van der Waals surface area (Å²) < 4.78 is 21.3. The molecule has 0 aliphatic carbocycles. The highest BCUT2D eigenvalue weighted by atomic mass is 16.7. The second-order valence-electron chi connectivity index (χ2n) is 7.05. The number of ether oxygens (including phenoxy) is 4. The summed E-state index contributed by atoms with van der Waals surface area (Å²) in [5.74, 6) is 0. The maximum Gasteiger partial charge on any atom is 0.188 e. The zero-order valence-corrected chi connectivity index (χ0v) is 15.1. The van der Waals surface area contributed by atoms with Gasteiger partial charge in [0, 0.05) is 0 Å². The Hall–Kier alpha value is -0.910. The highest BCUT2D eigenvalue weighted by Crippen LogP contribution is 2.29. The van der Waals surface area contributed by atoms with Gasteiger partial charge in [0.25, 0.3) is 0 Å². The molecule has 0 spiro atoms. The lowest BCUT2D eigenvalue weighted by atomic mass is 9.98. The predicted octanol–water partition coefficient (Wildman–Crippen LogP) is -3.04. The summed E-state index contributed by atoms with van der Waals surface area (Å²) >= 11 is 0. The zero-order valence-electron chi connectivity index (χ0n) is 15.1. The van der Waals surface area contributed by atoms with Crippen molar-refractivity contribution in [2.24, 2.45) is 0 Å². The first-order valence-corrected chi connectivity index (χ1v) is 8.64. The van der Waals surface area contributed by atoms with Gasteiger partial charge in [-0.25, -0.2) is 0 Å². The molecule has 156 valence electrons. The third-order valence-corrected chi connectivity index (χ3v) is 4.96. The van der Waals surface area contributed by atoms with E-state index in [4.69, 9.17) is 24.1 Å². The quantitative estimate of drug-likeness (QED) is 0.258. The molecule has 2 aliphatic heterocycles. The first-order valence-electron chi connectivity index (χ1n) is 8.64. The van der Waals surface area contributed by atoms with Gasteiger partial charge in [0.05, 0.1) is 25.9 Å². The van der Waals surface area contributed by atoms with Crippen molar-refractivity contribution in [3.05, 3.63) is 0 Å². The molecule has 27 heavy (non-hydrogen) atoms. The standard InChI is InChI=1S/C16H27NO10/c1-3-15(2,5-17)27-13-11(21)10(20)9(19)8(26-13)4-24-14-12(22)16(23,6-18)7-25-14/h8-14,18-23H,3-4,6-7H2,1-2H3. The Balaban J connectivity index is 2.01. The number of hydrogen-bond acceptors (Lipinski definition) is 11. The van der Waals surface area contributed by atoms with Gasteiger partial charge in [-0.1, -0.05) is 6.92 Å². The Labute approximate surface area is 156 Å². The summed E-state index contributed by atoms with van der Waals surface area (Å²) in [7, 11) is 0. The van der Waals surface area contributed by atoms with E-state index in [9.17, 15) is 30.8 Å². The first-order chi connectivity index (χ1) is 12.6. The lowest BCUT2D eigenvalue weighted by Gasteiger charge is -2.42. The van der Waals surface area contributed by atoms with Crippen LogP contribution in [0.5, 0.6) is 0 Å². The normalized spacial score (nSPS) is 44.6. The van der Waals surface area contributed by atoms with E-state index in [2.05, 4.69) is 0 Å². The van der Waals surface area contributed by atoms with Crippen LogP contribution in [-0.2, 0) is 18.9 Å². The molecule has 0 saturated carbocycles. The van der Waals surface area contributed by atoms with Gasteiger partial charge < -0.3 is 49.6 Å². The van der Waals surface area contributed by atoms with Gasteiger partial charge >= 0.3 is 0 Å². The lowest BCUT2D eigenvalue weighted by molar-refractivity contribution is -0.325. The molecule has 2 rings (SSSR count). The SMILES string of the molecule is CCC(C)(C#N)OC1OC(COC2OCC(O)(CO)C2O)C(O)C(O)C1O. The summed E-state index contributed by atoms with van der Waals surface area (Å²) in [5.41, 5.74) is -3.14. The van der Waals surface area contributed by atoms with Crippen molar-refractivity contribution in [1.29, 1.82) is 5.26 Å². The summed E-state index contributed by atoms with van der Waals surface area (Å²) in [4.78, 5) is 0. The number of nitrogens with zero attached hydrogens (tertiary/aromatic N) is 1. The minimum Gasteiger partial charge on any atom is -0.393 e. The molecule has 11 heteroatoms. The second-order valence-corrected chi connectivity index (χ2v) is 7.05. The van der Waals surface area contributed by atoms with E-state index in [1.165, 1.54) is 6.92 Å². The van der Waals surface area contributed by atoms with Crippen LogP contribution in [0.2, 0.25) is 0 Å². The first kappa shape index (κ1) is 22.4. The van der Waals surface area contributed by atoms with E-state index in [1.54, 1.807) is 6.92 Å². The van der Waals surface area contributed by atoms with Crippen LogP contribution in [0.15, 0.2) is 0 Å². The minimum absolute atomic E-state index is 0.289. The number of aliphatic hydroxyl groups is 6. The molecule has 6 N–H and O–H groups in total. The molecule has 11 nitrogen and oxygen atoms in total. The van der Waals surface area contributed by atoms with E-state index < -0.39 is 60.9 Å². The van der Waals surface area contributed by atoms with Crippen LogP contribution in [0.4, 0.5) is 0 Å². The Morgan fingerprint density at radius 2 is 1.85 bits per heavy atom. The molecule has 0 aromatic rings. The average molecular weight is 393 g/mol. The van der Waals surface area contributed by atoms with Crippen LogP contribution in [0.1, 0.15) is 20.3 Å². The van der Waals surface area contributed by atoms with Crippen LogP contribution in [0, 0.1) is 11.3 Å². The van der Waals surface area contributed by atoms with Crippen molar-refractivity contribution in [2.75, 3.05) is 19.8 Å². The summed E-state index contributed by atoms with van der Waals surface area (Å²) in [6, 6.07) is 1.94. The van der Waals surface area contributed by atoms with E-state index in [1.807, 2.05) is 6.07 Å². The van der Waals surface area contributed by atoms with Crippen molar-refractivity contribution in [2.45, 2.75) is 74.6 Å². The molecule has 2 fully saturated rings. The molecule has 0 radical (unpaired) electrons. The molecule has 2 saturated heterocycles. The lowest BCUT2D eigenvalue weighted by Crippen LogP contribution is -2.61. The van der Waals surface area contributed by atoms with Gasteiger partial charge in [-0.05, 0) is 13.3 Å². The minimum atomic E-state index is -1.87. The van der Waals surface area contributed by atoms with Crippen LogP contribution in [-0.4, -0.2) is 105 Å². The topological polar surface area (TPSA) is 182 Å². The van der Waals surface area contributed by atoms with Crippen molar-refractivity contribution in [3.8, 4) is 6.07 Å². The maximum absolute atomic E-state index is 10.1. The fraction of sp³-hybridized carbons (Fsp3) is 0.938. The monoisotopic (exact) mass is 393 g/mol. The molecular formula is C16H27NO10. The number of rotatable bonds is 7. The smallest absolute Gasteiger partial charge is 0.188 e. The van der Waals surface area contributed by atoms with Crippen molar-refractivity contribution in [1.82, 2.24) is 0 Å². The molecule has 0 amide bonds.